The first-order chi connectivity index (χ1) is 8.43. The predicted octanol–water partition coefficient (Wildman–Crippen LogP) is 3.09. The maximum atomic E-state index is 12.4. The van der Waals surface area contributed by atoms with Crippen molar-refractivity contribution in [3.05, 3.63) is 41.6 Å². The monoisotopic (exact) mass is 250 g/mol. The van der Waals surface area contributed by atoms with Crippen LogP contribution in [0.1, 0.15) is 11.1 Å². The Kier molecular flexibility index (Phi) is 2.87. The molecule has 0 atom stereocenters. The second-order valence-corrected chi connectivity index (χ2v) is 3.75. The smallest absolute Gasteiger partial charge is 0.267 e. The minimum atomic E-state index is -4.33. The molecule has 1 heterocycles. The Morgan fingerprint density at radius 2 is 1.83 bits per heavy atom. The van der Waals surface area contributed by atoms with Gasteiger partial charge in [0.1, 0.15) is 0 Å². The molecule has 5 heteroatoms. The lowest BCUT2D eigenvalue weighted by Crippen LogP contribution is -2.04. The normalized spacial score (nSPS) is 11.3. The first kappa shape index (κ1) is 12.2. The van der Waals surface area contributed by atoms with E-state index in [2.05, 4.69) is 11.0 Å². The number of aryl methyl sites for hydroxylation is 1. The maximum Gasteiger partial charge on any atom is 0.416 e. The lowest BCUT2D eigenvalue weighted by Gasteiger charge is -2.08. The molecule has 0 saturated carbocycles. The van der Waals surface area contributed by atoms with Crippen LogP contribution in [-0.4, -0.2) is 9.78 Å². The average molecular weight is 250 g/mol. The van der Waals surface area contributed by atoms with E-state index in [9.17, 15) is 13.2 Å². The fourth-order valence-electron chi connectivity index (χ4n) is 1.70. The van der Waals surface area contributed by atoms with Crippen LogP contribution in [-0.2, 0) is 13.2 Å². The number of halogens is 3. The topological polar surface area (TPSA) is 17.8 Å². The standard InChI is InChI=1S/C13H9F3N2/c1-3-9-8-17-18(2)12(9)10-4-6-11(7-5-10)13(14,15)16/h1,4-8H,2H3. The van der Waals surface area contributed by atoms with Gasteiger partial charge in [0.25, 0.3) is 0 Å². The fourth-order valence-corrected chi connectivity index (χ4v) is 1.70. The molecule has 0 amide bonds. The van der Waals surface area contributed by atoms with Gasteiger partial charge in [-0.2, -0.15) is 18.3 Å². The van der Waals surface area contributed by atoms with Gasteiger partial charge in [-0.1, -0.05) is 18.1 Å². The van der Waals surface area contributed by atoms with Crippen molar-refractivity contribution in [2.45, 2.75) is 6.18 Å². The lowest BCUT2D eigenvalue weighted by molar-refractivity contribution is -0.137. The van der Waals surface area contributed by atoms with Gasteiger partial charge in [0.2, 0.25) is 0 Å². The molecule has 18 heavy (non-hydrogen) atoms. The van der Waals surface area contributed by atoms with Gasteiger partial charge in [-0.05, 0) is 12.1 Å². The molecule has 1 aromatic carbocycles. The Bertz CT molecular complexity index is 601. The summed E-state index contributed by atoms with van der Waals surface area (Å²) in [5.41, 5.74) is 1.11. The highest BCUT2D eigenvalue weighted by Crippen LogP contribution is 2.31. The number of rotatable bonds is 1. The Morgan fingerprint density at radius 3 is 2.33 bits per heavy atom. The molecule has 2 aromatic rings. The molecule has 0 radical (unpaired) electrons. The maximum absolute atomic E-state index is 12.4. The van der Waals surface area contributed by atoms with Crippen molar-refractivity contribution in [1.82, 2.24) is 9.78 Å². The van der Waals surface area contributed by atoms with E-state index in [4.69, 9.17) is 6.42 Å². The van der Waals surface area contributed by atoms with Gasteiger partial charge < -0.3 is 0 Å². The van der Waals surface area contributed by atoms with Crippen LogP contribution >= 0.6 is 0 Å². The SMILES string of the molecule is C#Cc1cnn(C)c1-c1ccc(C(F)(F)F)cc1. The van der Waals surface area contributed by atoms with Crippen molar-refractivity contribution in [3.8, 4) is 23.6 Å². The molecule has 0 N–H and O–H groups in total. The van der Waals surface area contributed by atoms with Gasteiger partial charge in [-0.15, -0.1) is 6.42 Å². The second-order valence-electron chi connectivity index (χ2n) is 3.75. The van der Waals surface area contributed by atoms with Gasteiger partial charge in [-0.25, -0.2) is 0 Å². The summed E-state index contributed by atoms with van der Waals surface area (Å²) in [6, 6.07) is 4.84. The van der Waals surface area contributed by atoms with E-state index in [1.165, 1.54) is 23.0 Å². The summed E-state index contributed by atoms with van der Waals surface area (Å²) in [4.78, 5) is 0. The third-order valence-corrected chi connectivity index (χ3v) is 2.58. The van der Waals surface area contributed by atoms with Gasteiger partial charge in [0.15, 0.2) is 0 Å². The predicted molar refractivity (Wildman–Crippen MR) is 61.6 cm³/mol. The number of nitrogens with zero attached hydrogens (tertiary/aromatic N) is 2. The molecule has 2 nitrogen and oxygen atoms in total. The molecular formula is C13H9F3N2. The lowest BCUT2D eigenvalue weighted by atomic mass is 10.1. The highest BCUT2D eigenvalue weighted by atomic mass is 19.4. The number of terminal acetylenes is 1. The van der Waals surface area contributed by atoms with E-state index >= 15 is 0 Å². The average Bonchev–Trinajstić information content (AvgIpc) is 2.69. The molecule has 0 unspecified atom stereocenters. The van der Waals surface area contributed by atoms with E-state index in [1.54, 1.807) is 7.05 Å². The van der Waals surface area contributed by atoms with Gasteiger partial charge in [0, 0.05) is 12.6 Å². The van der Waals surface area contributed by atoms with E-state index in [1.807, 2.05) is 0 Å². The molecule has 0 aliphatic heterocycles. The molecule has 0 saturated heterocycles. The molecule has 92 valence electrons. The largest absolute Gasteiger partial charge is 0.416 e. The first-order valence-electron chi connectivity index (χ1n) is 5.09. The highest BCUT2D eigenvalue weighted by molar-refractivity contribution is 5.67. The molecule has 1 aromatic heterocycles. The Balaban J connectivity index is 2.48. The molecular weight excluding hydrogens is 241 g/mol. The fraction of sp³-hybridized carbons (Fsp3) is 0.154. The Morgan fingerprint density at radius 1 is 1.22 bits per heavy atom. The van der Waals surface area contributed by atoms with Gasteiger partial charge >= 0.3 is 6.18 Å². The van der Waals surface area contributed by atoms with Crippen molar-refractivity contribution in [3.63, 3.8) is 0 Å². The summed E-state index contributed by atoms with van der Waals surface area (Å²) >= 11 is 0. The van der Waals surface area contributed by atoms with E-state index < -0.39 is 11.7 Å². The summed E-state index contributed by atoms with van der Waals surface area (Å²) in [6.07, 6.45) is 2.49. The number of hydrogen-bond acceptors (Lipinski definition) is 1. The summed E-state index contributed by atoms with van der Waals surface area (Å²) in [5.74, 6) is 2.45. The van der Waals surface area contributed by atoms with Gasteiger partial charge in [0.05, 0.1) is 23.0 Å². The third-order valence-electron chi connectivity index (χ3n) is 2.58. The molecule has 0 bridgehead atoms. The number of hydrogen-bond donors (Lipinski definition) is 0. The molecule has 2 rings (SSSR count). The zero-order chi connectivity index (χ0) is 13.3. The van der Waals surface area contributed by atoms with Crippen LogP contribution in [0.15, 0.2) is 30.5 Å². The quantitative estimate of drug-likeness (QED) is 0.711. The zero-order valence-electron chi connectivity index (χ0n) is 9.49. The summed E-state index contributed by atoms with van der Waals surface area (Å²) in [6.45, 7) is 0. The number of aromatic nitrogens is 2. The highest BCUT2D eigenvalue weighted by Gasteiger charge is 2.30. The number of benzene rings is 1. The van der Waals surface area contributed by atoms with Crippen molar-refractivity contribution < 1.29 is 13.2 Å². The van der Waals surface area contributed by atoms with Crippen molar-refractivity contribution in [2.75, 3.05) is 0 Å². The van der Waals surface area contributed by atoms with Crippen LogP contribution in [0.3, 0.4) is 0 Å². The van der Waals surface area contributed by atoms with Crippen LogP contribution in [0.25, 0.3) is 11.3 Å². The molecule has 0 aliphatic carbocycles. The van der Waals surface area contributed by atoms with Crippen molar-refractivity contribution in [1.29, 1.82) is 0 Å². The minimum absolute atomic E-state index is 0.553. The van der Waals surface area contributed by atoms with E-state index in [-0.39, 0.29) is 0 Å². The zero-order valence-corrected chi connectivity index (χ0v) is 9.49. The summed E-state index contributed by atoms with van der Waals surface area (Å²) in [5, 5.41) is 3.99. The van der Waals surface area contributed by atoms with Crippen molar-refractivity contribution >= 4 is 0 Å². The Hall–Kier alpha value is -2.22. The first-order valence-corrected chi connectivity index (χ1v) is 5.09. The van der Waals surface area contributed by atoms with Crippen LogP contribution in [0.4, 0.5) is 13.2 Å². The van der Waals surface area contributed by atoms with Crippen LogP contribution < -0.4 is 0 Å². The third kappa shape index (κ3) is 2.09. The van der Waals surface area contributed by atoms with E-state index in [0.29, 0.717) is 16.8 Å². The van der Waals surface area contributed by atoms with Crippen LogP contribution in [0.2, 0.25) is 0 Å². The van der Waals surface area contributed by atoms with Crippen LogP contribution in [0, 0.1) is 12.3 Å². The minimum Gasteiger partial charge on any atom is -0.267 e. The molecule has 0 spiro atoms. The molecule has 0 aliphatic rings. The summed E-state index contributed by atoms with van der Waals surface area (Å²) in [7, 11) is 1.69. The molecule has 0 fully saturated rings. The van der Waals surface area contributed by atoms with Crippen molar-refractivity contribution in [2.24, 2.45) is 7.05 Å². The van der Waals surface area contributed by atoms with Gasteiger partial charge in [-0.3, -0.25) is 4.68 Å². The number of alkyl halides is 3. The van der Waals surface area contributed by atoms with Crippen LogP contribution in [0.5, 0.6) is 0 Å². The Labute approximate surface area is 102 Å². The summed E-state index contributed by atoms with van der Waals surface area (Å²) < 4.78 is 38.9. The van der Waals surface area contributed by atoms with E-state index in [0.717, 1.165) is 12.1 Å². The second kappa shape index (κ2) is 4.22.